The number of primary sulfonamides is 1. The molecule has 0 atom stereocenters. The molecule has 0 bridgehead atoms. The molecule has 3 rings (SSSR count). The molecule has 1 aromatic heterocycles. The molecule has 3 aromatic rings. The minimum absolute atomic E-state index is 0.115. The molecule has 0 aliphatic rings. The monoisotopic (exact) mass is 493 g/mol. The number of nitrogens with two attached hydrogens (primary N) is 1. The number of aromatic nitrogens is 2. The molecule has 136 valence electrons. The second kappa shape index (κ2) is 6.67. The minimum atomic E-state index is -3.88. The zero-order chi connectivity index (χ0) is 19.1. The highest BCUT2D eigenvalue weighted by Gasteiger charge is 2.32. The van der Waals surface area contributed by atoms with Gasteiger partial charge in [-0.25, -0.2) is 22.6 Å². The van der Waals surface area contributed by atoms with Crippen LogP contribution in [-0.2, 0) is 14.0 Å². The van der Waals surface area contributed by atoms with E-state index in [1.165, 1.54) is 59.3 Å². The van der Waals surface area contributed by atoms with E-state index in [4.69, 9.17) is 5.14 Å². The van der Waals surface area contributed by atoms with E-state index < -0.39 is 25.5 Å². The molecule has 0 aliphatic carbocycles. The number of hydrogen-bond acceptors (Lipinski definition) is 3. The summed E-state index contributed by atoms with van der Waals surface area (Å²) in [4.78, 5) is -0.115. The van der Waals surface area contributed by atoms with Crippen molar-refractivity contribution >= 4 is 32.6 Å². The fourth-order valence-electron chi connectivity index (χ4n) is 2.32. The predicted octanol–water partition coefficient (Wildman–Crippen LogP) is 3.81. The lowest BCUT2D eigenvalue weighted by molar-refractivity contribution is 0.122. The summed E-state index contributed by atoms with van der Waals surface area (Å²) >= 11 is 0.967. The van der Waals surface area contributed by atoms with Crippen LogP contribution in [0.3, 0.4) is 0 Å². The third-order valence-electron chi connectivity index (χ3n) is 3.55. The summed E-state index contributed by atoms with van der Waals surface area (Å²) in [6.07, 6.45) is 0. The van der Waals surface area contributed by atoms with Crippen LogP contribution in [0.1, 0.15) is 5.69 Å². The molecule has 0 amide bonds. The molecule has 5 nitrogen and oxygen atoms in total. The first-order valence-electron chi connectivity index (χ1n) is 7.12. The van der Waals surface area contributed by atoms with E-state index in [1.54, 1.807) is 0 Å². The number of sulfonamides is 1. The second-order valence-corrected chi connectivity index (χ2v) is 8.29. The van der Waals surface area contributed by atoms with Crippen molar-refractivity contribution in [1.29, 1.82) is 0 Å². The lowest BCUT2D eigenvalue weighted by Gasteiger charge is -2.08. The van der Waals surface area contributed by atoms with E-state index in [2.05, 4.69) is 5.10 Å². The van der Waals surface area contributed by atoms with Crippen molar-refractivity contribution in [3.63, 3.8) is 0 Å². The lowest BCUT2D eigenvalue weighted by Crippen LogP contribution is -2.12. The summed E-state index contributed by atoms with van der Waals surface area (Å²) in [6.45, 7) is 0. The van der Waals surface area contributed by atoms with Gasteiger partial charge < -0.3 is 0 Å². The van der Waals surface area contributed by atoms with E-state index in [1.807, 2.05) is 0 Å². The third kappa shape index (κ3) is 3.91. The highest BCUT2D eigenvalue weighted by molar-refractivity contribution is 14.1. The molecule has 0 aliphatic heterocycles. The van der Waals surface area contributed by atoms with Gasteiger partial charge in [0.15, 0.2) is 0 Å². The number of nitrogens with zero attached hydrogens (tertiary/aromatic N) is 2. The van der Waals surface area contributed by atoms with Crippen molar-refractivity contribution < 1.29 is 21.6 Å². The molecule has 0 radical (unpaired) electrons. The van der Waals surface area contributed by atoms with E-state index in [9.17, 15) is 21.6 Å². The van der Waals surface area contributed by atoms with E-state index in [0.29, 0.717) is 16.9 Å². The zero-order valence-electron chi connectivity index (χ0n) is 12.9. The Labute approximate surface area is 160 Å². The number of halogens is 4. The molecular formula is C16H11F3IN3O2S. The topological polar surface area (TPSA) is 78.0 Å². The van der Waals surface area contributed by atoms with Crippen LogP contribution < -0.4 is 5.14 Å². The Morgan fingerprint density at radius 3 is 2.12 bits per heavy atom. The first-order valence-corrected chi connectivity index (χ1v) is 9.75. The SMILES string of the molecule is NS(=O)(=O)c1ccc(-n2nc(C(F)(F)I)cc2-c2ccc(F)cc2)cc1. The maximum atomic E-state index is 13.7. The molecule has 26 heavy (non-hydrogen) atoms. The van der Waals surface area contributed by atoms with Gasteiger partial charge >= 0.3 is 3.93 Å². The molecule has 0 saturated heterocycles. The van der Waals surface area contributed by atoms with Crippen molar-refractivity contribution in [1.82, 2.24) is 9.78 Å². The molecule has 0 spiro atoms. The van der Waals surface area contributed by atoms with Crippen molar-refractivity contribution in [3.8, 4) is 16.9 Å². The Morgan fingerprint density at radius 2 is 1.62 bits per heavy atom. The summed E-state index contributed by atoms with van der Waals surface area (Å²) < 4.78 is 61.3. The zero-order valence-corrected chi connectivity index (χ0v) is 15.9. The van der Waals surface area contributed by atoms with Crippen LogP contribution in [0.5, 0.6) is 0 Å². The van der Waals surface area contributed by atoms with E-state index >= 15 is 0 Å². The summed E-state index contributed by atoms with van der Waals surface area (Å²) in [6, 6.07) is 11.8. The highest BCUT2D eigenvalue weighted by atomic mass is 127. The standard InChI is InChI=1S/C16H11F3IN3O2S/c17-11-3-1-10(2-4-11)14-9-15(16(18,19)20)22-23(14)12-5-7-13(8-6-12)26(21,24)25/h1-9H,(H2,21,24,25). The van der Waals surface area contributed by atoms with Gasteiger partial charge in [-0.2, -0.15) is 13.9 Å². The number of benzene rings is 2. The maximum Gasteiger partial charge on any atom is 0.339 e. The highest BCUT2D eigenvalue weighted by Crippen LogP contribution is 2.37. The summed E-state index contributed by atoms with van der Waals surface area (Å²) in [5, 5.41) is 8.98. The van der Waals surface area contributed by atoms with Gasteiger partial charge in [0.2, 0.25) is 10.0 Å². The molecule has 10 heteroatoms. The molecule has 0 unspecified atom stereocenters. The molecule has 0 fully saturated rings. The van der Waals surface area contributed by atoms with Crippen molar-refractivity contribution in [2.24, 2.45) is 5.14 Å². The third-order valence-corrected chi connectivity index (χ3v) is 5.03. The van der Waals surface area contributed by atoms with Gasteiger partial charge in [0.25, 0.3) is 0 Å². The Morgan fingerprint density at radius 1 is 1.04 bits per heavy atom. The van der Waals surface area contributed by atoms with Gasteiger partial charge in [0.05, 0.1) is 16.3 Å². The van der Waals surface area contributed by atoms with Gasteiger partial charge in [-0.3, -0.25) is 0 Å². The van der Waals surface area contributed by atoms with Crippen molar-refractivity contribution in [3.05, 3.63) is 66.1 Å². The quantitative estimate of drug-likeness (QED) is 0.444. The van der Waals surface area contributed by atoms with Crippen LogP contribution >= 0.6 is 22.6 Å². The number of rotatable bonds is 4. The van der Waals surface area contributed by atoms with Gasteiger partial charge in [-0.15, -0.1) is 0 Å². The predicted molar refractivity (Wildman–Crippen MR) is 98.2 cm³/mol. The van der Waals surface area contributed by atoms with Crippen LogP contribution in [0, 0.1) is 5.82 Å². The smallest absolute Gasteiger partial charge is 0.233 e. The lowest BCUT2D eigenvalue weighted by atomic mass is 10.1. The fourth-order valence-corrected chi connectivity index (χ4v) is 3.10. The van der Waals surface area contributed by atoms with Crippen LogP contribution in [0.2, 0.25) is 0 Å². The summed E-state index contributed by atoms with van der Waals surface area (Å²) in [7, 11) is -3.88. The van der Waals surface area contributed by atoms with Crippen molar-refractivity contribution in [2.45, 2.75) is 8.82 Å². The van der Waals surface area contributed by atoms with Crippen molar-refractivity contribution in [2.75, 3.05) is 0 Å². The second-order valence-electron chi connectivity index (χ2n) is 5.37. The molecule has 2 N–H and O–H groups in total. The molecule has 1 heterocycles. The number of hydrogen-bond donors (Lipinski definition) is 1. The molecular weight excluding hydrogens is 482 g/mol. The Balaban J connectivity index is 2.16. The summed E-state index contributed by atoms with van der Waals surface area (Å²) in [5.41, 5.74) is 0.651. The Kier molecular flexibility index (Phi) is 4.84. The first kappa shape index (κ1) is 18.9. The van der Waals surface area contributed by atoms with Gasteiger partial charge in [0.1, 0.15) is 11.5 Å². The first-order chi connectivity index (χ1) is 12.1. The molecule has 2 aromatic carbocycles. The van der Waals surface area contributed by atoms with Gasteiger partial charge in [0, 0.05) is 28.2 Å². The van der Waals surface area contributed by atoms with Crippen LogP contribution in [0.25, 0.3) is 16.9 Å². The van der Waals surface area contributed by atoms with Crippen LogP contribution in [0.15, 0.2) is 59.5 Å². The minimum Gasteiger partial charge on any atom is -0.233 e. The normalized spacial score (nSPS) is 12.3. The van der Waals surface area contributed by atoms with Crippen LogP contribution in [0.4, 0.5) is 13.2 Å². The summed E-state index contributed by atoms with van der Waals surface area (Å²) in [5.74, 6) is -0.461. The average molecular weight is 493 g/mol. The maximum absolute atomic E-state index is 13.7. The van der Waals surface area contributed by atoms with E-state index in [0.717, 1.165) is 22.6 Å². The van der Waals surface area contributed by atoms with Gasteiger partial charge in [-0.05, 0) is 54.6 Å². The molecule has 0 saturated carbocycles. The Bertz CT molecular complexity index is 1040. The Hall–Kier alpha value is -1.92. The fraction of sp³-hybridized carbons (Fsp3) is 0.0625. The largest absolute Gasteiger partial charge is 0.339 e. The van der Waals surface area contributed by atoms with Crippen LogP contribution in [-0.4, -0.2) is 18.2 Å². The van der Waals surface area contributed by atoms with E-state index in [-0.39, 0.29) is 4.90 Å². The number of alkyl halides is 3. The van der Waals surface area contributed by atoms with Gasteiger partial charge in [-0.1, -0.05) is 0 Å². The average Bonchev–Trinajstić information content (AvgIpc) is 3.00.